The molecule has 0 heteroatoms. The molecule has 0 N–H and O–H groups in total. The summed E-state index contributed by atoms with van der Waals surface area (Å²) in [5.41, 5.74) is 1.32. The molecular weight excluding hydrogens is 192 g/mol. The first kappa shape index (κ1) is 15.2. The highest BCUT2D eigenvalue weighted by molar-refractivity contribution is 5.20. The van der Waals surface area contributed by atoms with Crippen LogP contribution >= 0.6 is 0 Å². The zero-order valence-electron chi connectivity index (χ0n) is 11.0. The summed E-state index contributed by atoms with van der Waals surface area (Å²) in [5, 5.41) is 0. The molecule has 16 heavy (non-hydrogen) atoms. The molecular formula is C16H28. The molecule has 0 rings (SSSR count). The molecule has 0 aromatic rings. The van der Waals surface area contributed by atoms with Crippen molar-refractivity contribution in [1.82, 2.24) is 0 Å². The average Bonchev–Trinajstić information content (AvgIpc) is 2.31. The van der Waals surface area contributed by atoms with Gasteiger partial charge in [-0.1, -0.05) is 83.3 Å². The van der Waals surface area contributed by atoms with Crippen LogP contribution in [0.3, 0.4) is 0 Å². The quantitative estimate of drug-likeness (QED) is 0.304. The normalized spacial score (nSPS) is 11.4. The van der Waals surface area contributed by atoms with Gasteiger partial charge in [-0.05, 0) is 18.4 Å². The third-order valence-electron chi connectivity index (χ3n) is 2.91. The van der Waals surface area contributed by atoms with Crippen molar-refractivity contribution >= 4 is 0 Å². The fraction of sp³-hybridized carbons (Fsp3) is 0.625. The highest BCUT2D eigenvalue weighted by atomic mass is 14.0. The van der Waals surface area contributed by atoms with Crippen molar-refractivity contribution in [3.8, 4) is 0 Å². The lowest BCUT2D eigenvalue weighted by Crippen LogP contribution is -1.82. The SMILES string of the molecule is C=C/C=C(\C=C)CCCCCCCCCC. The molecule has 0 saturated carbocycles. The molecule has 0 nitrogen and oxygen atoms in total. The van der Waals surface area contributed by atoms with Gasteiger partial charge in [0.15, 0.2) is 0 Å². The van der Waals surface area contributed by atoms with Gasteiger partial charge in [-0.25, -0.2) is 0 Å². The van der Waals surface area contributed by atoms with E-state index in [9.17, 15) is 0 Å². The standard InChI is InChI=1S/C16H28/c1-4-7-8-9-10-11-12-13-15-16(6-3)14-5-2/h5-6,14H,2-4,7-13,15H2,1H3/b16-14+. The molecule has 0 radical (unpaired) electrons. The highest BCUT2D eigenvalue weighted by Gasteiger charge is 1.93. The Morgan fingerprint density at radius 3 is 1.94 bits per heavy atom. The van der Waals surface area contributed by atoms with Crippen LogP contribution in [0, 0.1) is 0 Å². The van der Waals surface area contributed by atoms with Crippen LogP contribution in [0.1, 0.15) is 64.7 Å². The van der Waals surface area contributed by atoms with Gasteiger partial charge in [-0.2, -0.15) is 0 Å². The van der Waals surface area contributed by atoms with E-state index in [-0.39, 0.29) is 0 Å². The van der Waals surface area contributed by atoms with Gasteiger partial charge in [0, 0.05) is 0 Å². The van der Waals surface area contributed by atoms with Crippen LogP contribution < -0.4 is 0 Å². The molecule has 0 aliphatic rings. The predicted octanol–water partition coefficient (Wildman–Crippen LogP) is 5.82. The van der Waals surface area contributed by atoms with E-state index >= 15 is 0 Å². The van der Waals surface area contributed by atoms with Crippen molar-refractivity contribution in [3.63, 3.8) is 0 Å². The number of allylic oxidation sites excluding steroid dienone is 4. The molecule has 0 aromatic carbocycles. The fourth-order valence-electron chi connectivity index (χ4n) is 1.87. The van der Waals surface area contributed by atoms with E-state index in [0.29, 0.717) is 0 Å². The van der Waals surface area contributed by atoms with E-state index in [0.717, 1.165) is 6.42 Å². The van der Waals surface area contributed by atoms with Gasteiger partial charge in [-0.15, -0.1) is 0 Å². The predicted molar refractivity (Wildman–Crippen MR) is 75.7 cm³/mol. The Bertz CT molecular complexity index is 198. The number of unbranched alkanes of at least 4 members (excludes halogenated alkanes) is 7. The molecule has 0 spiro atoms. The Kier molecular flexibility index (Phi) is 11.7. The van der Waals surface area contributed by atoms with Crippen molar-refractivity contribution in [1.29, 1.82) is 0 Å². The van der Waals surface area contributed by atoms with Crippen molar-refractivity contribution in [2.75, 3.05) is 0 Å². The Labute approximate surface area is 102 Å². The maximum Gasteiger partial charge on any atom is -0.0279 e. The Morgan fingerprint density at radius 1 is 0.875 bits per heavy atom. The van der Waals surface area contributed by atoms with E-state index < -0.39 is 0 Å². The van der Waals surface area contributed by atoms with Gasteiger partial charge in [0.1, 0.15) is 0 Å². The maximum absolute atomic E-state index is 3.81. The first-order valence-corrected chi connectivity index (χ1v) is 6.79. The van der Waals surface area contributed by atoms with Crippen molar-refractivity contribution in [3.05, 3.63) is 37.0 Å². The van der Waals surface area contributed by atoms with Gasteiger partial charge in [-0.3, -0.25) is 0 Å². The average molecular weight is 220 g/mol. The lowest BCUT2D eigenvalue weighted by atomic mass is 10.0. The highest BCUT2D eigenvalue weighted by Crippen LogP contribution is 2.13. The van der Waals surface area contributed by atoms with E-state index in [1.165, 1.54) is 56.9 Å². The second-order valence-electron chi connectivity index (χ2n) is 4.41. The molecule has 0 heterocycles. The minimum Gasteiger partial charge on any atom is -0.0991 e. The third kappa shape index (κ3) is 9.76. The van der Waals surface area contributed by atoms with Gasteiger partial charge >= 0.3 is 0 Å². The molecule has 0 atom stereocenters. The van der Waals surface area contributed by atoms with Gasteiger partial charge < -0.3 is 0 Å². The van der Waals surface area contributed by atoms with Crippen LogP contribution in [0.15, 0.2) is 37.0 Å². The van der Waals surface area contributed by atoms with Gasteiger partial charge in [0.05, 0.1) is 0 Å². The molecule has 0 aliphatic carbocycles. The summed E-state index contributed by atoms with van der Waals surface area (Å²) in [6, 6.07) is 0. The van der Waals surface area contributed by atoms with Gasteiger partial charge in [0.2, 0.25) is 0 Å². The Morgan fingerprint density at radius 2 is 1.44 bits per heavy atom. The van der Waals surface area contributed by atoms with Crippen LogP contribution in [0.4, 0.5) is 0 Å². The lowest BCUT2D eigenvalue weighted by molar-refractivity contribution is 0.576. The lowest BCUT2D eigenvalue weighted by Gasteiger charge is -2.02. The van der Waals surface area contributed by atoms with Crippen LogP contribution in [0.5, 0.6) is 0 Å². The second-order valence-corrected chi connectivity index (χ2v) is 4.41. The Balaban J connectivity index is 3.29. The smallest absolute Gasteiger partial charge is 0.0279 e. The zero-order valence-corrected chi connectivity index (χ0v) is 11.0. The number of hydrogen-bond acceptors (Lipinski definition) is 0. The molecule has 0 unspecified atom stereocenters. The van der Waals surface area contributed by atoms with Crippen molar-refractivity contribution < 1.29 is 0 Å². The van der Waals surface area contributed by atoms with E-state index in [2.05, 4.69) is 26.2 Å². The summed E-state index contributed by atoms with van der Waals surface area (Å²) in [5.74, 6) is 0. The first-order chi connectivity index (χ1) is 7.85. The Hall–Kier alpha value is -0.780. The monoisotopic (exact) mass is 220 g/mol. The molecule has 0 saturated heterocycles. The zero-order chi connectivity index (χ0) is 12.1. The van der Waals surface area contributed by atoms with E-state index in [4.69, 9.17) is 0 Å². The summed E-state index contributed by atoms with van der Waals surface area (Å²) < 4.78 is 0. The minimum absolute atomic E-state index is 1.16. The molecule has 0 aromatic heterocycles. The molecule has 0 aliphatic heterocycles. The van der Waals surface area contributed by atoms with Crippen LogP contribution in [0.25, 0.3) is 0 Å². The first-order valence-electron chi connectivity index (χ1n) is 6.79. The molecule has 92 valence electrons. The fourth-order valence-corrected chi connectivity index (χ4v) is 1.87. The van der Waals surface area contributed by atoms with E-state index in [1.807, 2.05) is 12.2 Å². The summed E-state index contributed by atoms with van der Waals surface area (Å²) in [4.78, 5) is 0. The van der Waals surface area contributed by atoms with Crippen LogP contribution in [0.2, 0.25) is 0 Å². The molecule has 0 bridgehead atoms. The maximum atomic E-state index is 3.81. The van der Waals surface area contributed by atoms with Crippen LogP contribution in [-0.2, 0) is 0 Å². The molecule has 0 fully saturated rings. The van der Waals surface area contributed by atoms with Gasteiger partial charge in [0.25, 0.3) is 0 Å². The number of rotatable bonds is 11. The summed E-state index contributed by atoms with van der Waals surface area (Å²) in [7, 11) is 0. The molecule has 0 amide bonds. The van der Waals surface area contributed by atoms with E-state index in [1.54, 1.807) is 0 Å². The summed E-state index contributed by atoms with van der Waals surface area (Å²) in [6.45, 7) is 9.79. The summed E-state index contributed by atoms with van der Waals surface area (Å²) >= 11 is 0. The largest absolute Gasteiger partial charge is 0.0991 e. The summed E-state index contributed by atoms with van der Waals surface area (Å²) in [6.07, 6.45) is 18.1. The van der Waals surface area contributed by atoms with Crippen LogP contribution in [-0.4, -0.2) is 0 Å². The van der Waals surface area contributed by atoms with Crippen molar-refractivity contribution in [2.24, 2.45) is 0 Å². The topological polar surface area (TPSA) is 0 Å². The number of hydrogen-bond donors (Lipinski definition) is 0. The second kappa shape index (κ2) is 12.3. The van der Waals surface area contributed by atoms with Crippen molar-refractivity contribution in [2.45, 2.75) is 64.7 Å². The minimum atomic E-state index is 1.16. The third-order valence-corrected chi connectivity index (χ3v) is 2.91.